The highest BCUT2D eigenvalue weighted by Gasteiger charge is 2.32. The fraction of sp³-hybridized carbons (Fsp3) is 0.368. The number of amides is 1. The molecular formula is C19H19ClFN3O2. The van der Waals surface area contributed by atoms with Crippen molar-refractivity contribution < 1.29 is 13.9 Å². The number of carbonyl (C=O) groups excluding carboxylic acids is 1. The number of morpholine rings is 1. The van der Waals surface area contributed by atoms with Gasteiger partial charge in [-0.25, -0.2) is 9.37 Å². The number of carbonyl (C=O) groups is 1. The van der Waals surface area contributed by atoms with Crippen LogP contribution in [0.3, 0.4) is 0 Å². The summed E-state index contributed by atoms with van der Waals surface area (Å²) in [6.07, 6.45) is 0. The Kier molecular flexibility index (Phi) is 4.54. The first-order valence-electron chi connectivity index (χ1n) is 8.69. The molecule has 0 N–H and O–H groups in total. The highest BCUT2D eigenvalue weighted by atomic mass is 35.5. The minimum absolute atomic E-state index is 0.0324. The van der Waals surface area contributed by atoms with E-state index in [9.17, 15) is 9.18 Å². The van der Waals surface area contributed by atoms with Crippen molar-refractivity contribution in [3.8, 4) is 11.3 Å². The first-order chi connectivity index (χ1) is 12.6. The molecule has 5 nitrogen and oxygen atoms in total. The maximum Gasteiger partial charge on any atom is 0.254 e. The molecule has 2 aromatic rings. The lowest BCUT2D eigenvalue weighted by Crippen LogP contribution is -2.37. The molecule has 1 saturated heterocycles. The number of ether oxygens (including phenoxy) is 1. The molecule has 0 saturated carbocycles. The van der Waals surface area contributed by atoms with Crippen molar-refractivity contribution in [2.75, 3.05) is 37.7 Å². The lowest BCUT2D eigenvalue weighted by atomic mass is 10.0. The third-order valence-corrected chi connectivity index (χ3v) is 5.12. The molecule has 0 radical (unpaired) electrons. The van der Waals surface area contributed by atoms with Crippen LogP contribution in [-0.2, 0) is 11.3 Å². The van der Waals surface area contributed by atoms with E-state index in [0.717, 1.165) is 5.56 Å². The first kappa shape index (κ1) is 17.2. The molecule has 7 heteroatoms. The summed E-state index contributed by atoms with van der Waals surface area (Å²) in [5.74, 6) is 0.214. The lowest BCUT2D eigenvalue weighted by molar-refractivity contribution is 0.0787. The quantitative estimate of drug-likeness (QED) is 0.825. The van der Waals surface area contributed by atoms with Crippen LogP contribution in [0.5, 0.6) is 0 Å². The number of hydrogen-bond donors (Lipinski definition) is 0. The summed E-state index contributed by atoms with van der Waals surface area (Å²) in [4.78, 5) is 21.3. The molecule has 1 fully saturated rings. The number of aromatic nitrogens is 1. The van der Waals surface area contributed by atoms with Gasteiger partial charge in [-0.2, -0.15) is 0 Å². The van der Waals surface area contributed by atoms with Crippen molar-refractivity contribution in [2.24, 2.45) is 0 Å². The maximum absolute atomic E-state index is 14.6. The van der Waals surface area contributed by atoms with Gasteiger partial charge in [-0.05, 0) is 31.2 Å². The molecule has 2 aliphatic heterocycles. The van der Waals surface area contributed by atoms with Crippen LogP contribution in [0.2, 0.25) is 5.02 Å². The smallest absolute Gasteiger partial charge is 0.254 e. The van der Waals surface area contributed by atoms with Crippen molar-refractivity contribution in [3.05, 3.63) is 46.2 Å². The third kappa shape index (κ3) is 2.93. The summed E-state index contributed by atoms with van der Waals surface area (Å²) in [5.41, 5.74) is 2.26. The molecule has 3 heterocycles. The van der Waals surface area contributed by atoms with Crippen LogP contribution in [0.4, 0.5) is 10.2 Å². The van der Waals surface area contributed by atoms with E-state index < -0.39 is 5.82 Å². The molecule has 0 spiro atoms. The predicted octanol–water partition coefficient (Wildman–Crippen LogP) is 3.35. The van der Waals surface area contributed by atoms with Crippen LogP contribution < -0.4 is 4.90 Å². The van der Waals surface area contributed by atoms with Gasteiger partial charge in [0.25, 0.3) is 5.91 Å². The Morgan fingerprint density at radius 1 is 1.23 bits per heavy atom. The number of rotatable bonds is 3. The highest BCUT2D eigenvalue weighted by Crippen LogP contribution is 2.36. The number of benzene rings is 1. The second kappa shape index (κ2) is 6.85. The number of anilines is 1. The Balaban J connectivity index is 1.88. The molecule has 0 atom stereocenters. The fourth-order valence-corrected chi connectivity index (χ4v) is 3.61. The van der Waals surface area contributed by atoms with Crippen LogP contribution in [0, 0.1) is 5.82 Å². The van der Waals surface area contributed by atoms with E-state index in [0.29, 0.717) is 67.1 Å². The summed E-state index contributed by atoms with van der Waals surface area (Å²) in [6.45, 7) is 5.58. The Bertz CT molecular complexity index is 868. The third-order valence-electron chi connectivity index (χ3n) is 4.88. The fourth-order valence-electron chi connectivity index (χ4n) is 3.46. The maximum atomic E-state index is 14.6. The van der Waals surface area contributed by atoms with Gasteiger partial charge in [-0.3, -0.25) is 4.79 Å². The van der Waals surface area contributed by atoms with E-state index in [1.807, 2.05) is 13.0 Å². The van der Waals surface area contributed by atoms with Gasteiger partial charge in [-0.15, -0.1) is 0 Å². The first-order valence-corrected chi connectivity index (χ1v) is 9.07. The topological polar surface area (TPSA) is 45.7 Å². The van der Waals surface area contributed by atoms with Gasteiger partial charge in [0.2, 0.25) is 0 Å². The standard InChI is InChI=1S/C19H19ClFN3O2/c1-2-23-11-15-14(19(23)25)10-17(24-5-7-26-8-6-24)22-18(15)13-4-3-12(20)9-16(13)21/h3-4,9-10H,2,5-8,11H2,1H3. The Hall–Kier alpha value is -2.18. The van der Waals surface area contributed by atoms with E-state index in [2.05, 4.69) is 4.90 Å². The minimum Gasteiger partial charge on any atom is -0.378 e. The average Bonchev–Trinajstić information content (AvgIpc) is 2.98. The monoisotopic (exact) mass is 375 g/mol. The number of nitrogens with zero attached hydrogens (tertiary/aromatic N) is 3. The number of hydrogen-bond acceptors (Lipinski definition) is 4. The largest absolute Gasteiger partial charge is 0.378 e. The number of fused-ring (bicyclic) bond motifs is 1. The SMILES string of the molecule is CCN1Cc2c(cc(N3CCOCC3)nc2-c2ccc(Cl)cc2F)C1=O. The summed E-state index contributed by atoms with van der Waals surface area (Å²) < 4.78 is 20.0. The summed E-state index contributed by atoms with van der Waals surface area (Å²) in [5, 5.41) is 0.332. The Morgan fingerprint density at radius 2 is 2.00 bits per heavy atom. The lowest BCUT2D eigenvalue weighted by Gasteiger charge is -2.28. The molecular weight excluding hydrogens is 357 g/mol. The van der Waals surface area contributed by atoms with Crippen LogP contribution in [0.25, 0.3) is 11.3 Å². The number of halogens is 2. The van der Waals surface area contributed by atoms with Crippen molar-refractivity contribution >= 4 is 23.3 Å². The zero-order valence-corrected chi connectivity index (χ0v) is 15.2. The van der Waals surface area contributed by atoms with Gasteiger partial charge in [0, 0.05) is 42.3 Å². The van der Waals surface area contributed by atoms with Gasteiger partial charge in [0.15, 0.2) is 0 Å². The van der Waals surface area contributed by atoms with Crippen molar-refractivity contribution in [1.82, 2.24) is 9.88 Å². The molecule has 4 rings (SSSR count). The van der Waals surface area contributed by atoms with Crippen molar-refractivity contribution in [3.63, 3.8) is 0 Å². The summed E-state index contributed by atoms with van der Waals surface area (Å²) in [6, 6.07) is 6.38. The molecule has 1 aromatic heterocycles. The van der Waals surface area contributed by atoms with Crippen LogP contribution in [0.1, 0.15) is 22.8 Å². The zero-order chi connectivity index (χ0) is 18.3. The van der Waals surface area contributed by atoms with E-state index in [4.69, 9.17) is 21.3 Å². The van der Waals surface area contributed by atoms with Gasteiger partial charge >= 0.3 is 0 Å². The van der Waals surface area contributed by atoms with Crippen molar-refractivity contribution in [2.45, 2.75) is 13.5 Å². The van der Waals surface area contributed by atoms with E-state index >= 15 is 0 Å². The van der Waals surface area contributed by atoms with Gasteiger partial charge in [0.05, 0.1) is 24.5 Å². The van der Waals surface area contributed by atoms with Gasteiger partial charge in [-0.1, -0.05) is 11.6 Å². The molecule has 0 aliphatic carbocycles. The molecule has 136 valence electrons. The second-order valence-corrected chi connectivity index (χ2v) is 6.83. The molecule has 0 bridgehead atoms. The van der Waals surface area contributed by atoms with Crippen LogP contribution in [0.15, 0.2) is 24.3 Å². The van der Waals surface area contributed by atoms with Gasteiger partial charge in [0.1, 0.15) is 11.6 Å². The van der Waals surface area contributed by atoms with E-state index in [1.54, 1.807) is 17.0 Å². The van der Waals surface area contributed by atoms with E-state index in [-0.39, 0.29) is 5.91 Å². The minimum atomic E-state index is -0.436. The van der Waals surface area contributed by atoms with Crippen molar-refractivity contribution in [1.29, 1.82) is 0 Å². The Labute approximate surface area is 156 Å². The second-order valence-electron chi connectivity index (χ2n) is 6.40. The zero-order valence-electron chi connectivity index (χ0n) is 14.5. The number of pyridine rings is 1. The molecule has 0 unspecified atom stereocenters. The van der Waals surface area contributed by atoms with Crippen LogP contribution >= 0.6 is 11.6 Å². The summed E-state index contributed by atoms with van der Waals surface area (Å²) in [7, 11) is 0. The Morgan fingerprint density at radius 3 is 2.69 bits per heavy atom. The summed E-state index contributed by atoms with van der Waals surface area (Å²) >= 11 is 5.90. The molecule has 1 aromatic carbocycles. The molecule has 1 amide bonds. The molecule has 2 aliphatic rings. The van der Waals surface area contributed by atoms with Gasteiger partial charge < -0.3 is 14.5 Å². The average molecular weight is 376 g/mol. The molecule has 26 heavy (non-hydrogen) atoms. The van der Waals surface area contributed by atoms with E-state index in [1.165, 1.54) is 6.07 Å². The highest BCUT2D eigenvalue weighted by molar-refractivity contribution is 6.30. The normalized spacial score (nSPS) is 17.0. The van der Waals surface area contributed by atoms with Crippen LogP contribution in [-0.4, -0.2) is 48.6 Å². The predicted molar refractivity (Wildman–Crippen MR) is 98.1 cm³/mol.